The van der Waals surface area contributed by atoms with E-state index in [1.807, 2.05) is 18.7 Å². The summed E-state index contributed by atoms with van der Waals surface area (Å²) in [6.45, 7) is 6.13. The van der Waals surface area contributed by atoms with Gasteiger partial charge in [-0.25, -0.2) is 0 Å². The summed E-state index contributed by atoms with van der Waals surface area (Å²) >= 11 is 0. The number of aromatic nitrogens is 3. The highest BCUT2D eigenvalue weighted by atomic mass is 16.5. The van der Waals surface area contributed by atoms with Crippen molar-refractivity contribution in [3.05, 3.63) is 0 Å². The SMILES string of the molecule is CCN(CC)c1nc(N)nc(NCC(O)COC)n1. The van der Waals surface area contributed by atoms with Gasteiger partial charge in [-0.3, -0.25) is 0 Å². The highest BCUT2D eigenvalue weighted by molar-refractivity contribution is 5.41. The molecular formula is C11H22N6O2. The number of nitrogens with one attached hydrogen (secondary N) is 1. The van der Waals surface area contributed by atoms with Gasteiger partial charge in [0.25, 0.3) is 0 Å². The summed E-state index contributed by atoms with van der Waals surface area (Å²) in [6.07, 6.45) is -0.625. The van der Waals surface area contributed by atoms with Crippen molar-refractivity contribution in [1.29, 1.82) is 0 Å². The quantitative estimate of drug-likeness (QED) is 0.591. The molecule has 0 aromatic carbocycles. The standard InChI is InChI=1S/C11H22N6O2/c1-4-17(5-2)11-15-9(12)14-10(16-11)13-6-8(18)7-19-3/h8,18H,4-7H2,1-3H3,(H3,12,13,14,15,16). The van der Waals surface area contributed by atoms with Crippen LogP contribution < -0.4 is 16.0 Å². The molecule has 0 amide bonds. The van der Waals surface area contributed by atoms with Crippen molar-refractivity contribution in [2.75, 3.05) is 49.3 Å². The third-order valence-electron chi connectivity index (χ3n) is 2.54. The monoisotopic (exact) mass is 270 g/mol. The summed E-state index contributed by atoms with van der Waals surface area (Å²) in [5.74, 6) is 1.03. The lowest BCUT2D eigenvalue weighted by atomic mass is 10.4. The Bertz CT molecular complexity index is 385. The van der Waals surface area contributed by atoms with E-state index in [-0.39, 0.29) is 19.1 Å². The van der Waals surface area contributed by atoms with Gasteiger partial charge in [0.1, 0.15) is 0 Å². The lowest BCUT2D eigenvalue weighted by Gasteiger charge is -2.19. The zero-order valence-electron chi connectivity index (χ0n) is 11.6. The van der Waals surface area contributed by atoms with Crippen molar-refractivity contribution in [2.45, 2.75) is 20.0 Å². The number of nitrogens with two attached hydrogens (primary N) is 1. The summed E-state index contributed by atoms with van der Waals surface area (Å²) in [6, 6.07) is 0. The van der Waals surface area contributed by atoms with Crippen LogP contribution in [0.25, 0.3) is 0 Å². The first-order valence-corrected chi connectivity index (χ1v) is 6.28. The number of hydrogen-bond acceptors (Lipinski definition) is 8. The summed E-state index contributed by atoms with van der Waals surface area (Å²) in [4.78, 5) is 14.3. The minimum Gasteiger partial charge on any atom is -0.389 e. The first-order valence-electron chi connectivity index (χ1n) is 6.28. The van der Waals surface area contributed by atoms with Crippen molar-refractivity contribution in [3.8, 4) is 0 Å². The lowest BCUT2D eigenvalue weighted by molar-refractivity contribution is 0.0726. The normalized spacial score (nSPS) is 12.2. The molecule has 19 heavy (non-hydrogen) atoms. The molecule has 0 fully saturated rings. The summed E-state index contributed by atoms with van der Waals surface area (Å²) in [5.41, 5.74) is 5.66. The fraction of sp³-hybridized carbons (Fsp3) is 0.727. The van der Waals surface area contributed by atoms with Crippen molar-refractivity contribution < 1.29 is 9.84 Å². The highest BCUT2D eigenvalue weighted by Crippen LogP contribution is 2.11. The largest absolute Gasteiger partial charge is 0.389 e. The van der Waals surface area contributed by atoms with Gasteiger partial charge in [-0.15, -0.1) is 0 Å². The molecule has 1 aromatic heterocycles. The van der Waals surface area contributed by atoms with E-state index in [0.29, 0.717) is 11.9 Å². The molecule has 0 saturated heterocycles. The number of methoxy groups -OCH3 is 1. The van der Waals surface area contributed by atoms with E-state index in [2.05, 4.69) is 20.3 Å². The van der Waals surface area contributed by atoms with E-state index in [1.165, 1.54) is 7.11 Å². The Hall–Kier alpha value is -1.67. The molecule has 1 atom stereocenters. The van der Waals surface area contributed by atoms with Crippen LogP contribution in [0.15, 0.2) is 0 Å². The summed E-state index contributed by atoms with van der Waals surface area (Å²) < 4.78 is 4.84. The van der Waals surface area contributed by atoms with Crippen LogP contribution in [-0.2, 0) is 4.74 Å². The first kappa shape index (κ1) is 15.4. The van der Waals surface area contributed by atoms with Crippen LogP contribution in [0.5, 0.6) is 0 Å². The van der Waals surface area contributed by atoms with Crippen LogP contribution in [0.4, 0.5) is 17.8 Å². The molecule has 108 valence electrons. The maximum Gasteiger partial charge on any atom is 0.231 e. The average Bonchev–Trinajstić information content (AvgIpc) is 2.38. The lowest BCUT2D eigenvalue weighted by Crippen LogP contribution is -2.27. The first-order chi connectivity index (χ1) is 9.10. The van der Waals surface area contributed by atoms with Gasteiger partial charge in [0.05, 0.1) is 12.7 Å². The fourth-order valence-corrected chi connectivity index (χ4v) is 1.57. The van der Waals surface area contributed by atoms with Crippen molar-refractivity contribution in [1.82, 2.24) is 15.0 Å². The maximum absolute atomic E-state index is 9.55. The molecule has 1 heterocycles. The summed E-state index contributed by atoms with van der Waals surface area (Å²) in [7, 11) is 1.53. The van der Waals surface area contributed by atoms with E-state index in [0.717, 1.165) is 13.1 Å². The van der Waals surface area contributed by atoms with Gasteiger partial charge in [0.2, 0.25) is 17.8 Å². The van der Waals surface area contributed by atoms with E-state index in [9.17, 15) is 5.11 Å². The molecule has 0 spiro atoms. The number of aliphatic hydroxyl groups is 1. The minimum absolute atomic E-state index is 0.153. The number of anilines is 3. The molecular weight excluding hydrogens is 248 g/mol. The maximum atomic E-state index is 9.55. The van der Waals surface area contributed by atoms with E-state index in [4.69, 9.17) is 10.5 Å². The molecule has 0 aliphatic heterocycles. The molecule has 0 saturated carbocycles. The van der Waals surface area contributed by atoms with E-state index >= 15 is 0 Å². The Kier molecular flexibility index (Phi) is 6.23. The fourth-order valence-electron chi connectivity index (χ4n) is 1.57. The molecule has 1 unspecified atom stereocenters. The Morgan fingerprint density at radius 2 is 2.00 bits per heavy atom. The van der Waals surface area contributed by atoms with Crippen LogP contribution in [0.3, 0.4) is 0 Å². The van der Waals surface area contributed by atoms with E-state index < -0.39 is 6.10 Å². The van der Waals surface area contributed by atoms with Crippen LogP contribution in [0.1, 0.15) is 13.8 Å². The van der Waals surface area contributed by atoms with Gasteiger partial charge < -0.3 is 25.8 Å². The van der Waals surface area contributed by atoms with Gasteiger partial charge >= 0.3 is 0 Å². The average molecular weight is 270 g/mol. The van der Waals surface area contributed by atoms with Gasteiger partial charge in [0.15, 0.2) is 0 Å². The van der Waals surface area contributed by atoms with Crippen molar-refractivity contribution in [2.24, 2.45) is 0 Å². The third-order valence-corrected chi connectivity index (χ3v) is 2.54. The molecule has 0 aliphatic carbocycles. The zero-order valence-corrected chi connectivity index (χ0v) is 11.6. The number of aliphatic hydroxyl groups excluding tert-OH is 1. The number of ether oxygens (including phenoxy) is 1. The smallest absolute Gasteiger partial charge is 0.231 e. The van der Waals surface area contributed by atoms with Crippen LogP contribution in [0.2, 0.25) is 0 Å². The number of hydrogen-bond donors (Lipinski definition) is 3. The highest BCUT2D eigenvalue weighted by Gasteiger charge is 2.10. The van der Waals surface area contributed by atoms with Gasteiger partial charge in [0, 0.05) is 26.7 Å². The van der Waals surface area contributed by atoms with Crippen LogP contribution in [-0.4, -0.2) is 59.5 Å². The number of nitrogens with zero attached hydrogens (tertiary/aromatic N) is 4. The van der Waals surface area contributed by atoms with Crippen LogP contribution >= 0.6 is 0 Å². The van der Waals surface area contributed by atoms with Gasteiger partial charge in [-0.05, 0) is 13.8 Å². The predicted octanol–water partition coefficient (Wildman–Crippen LogP) is -0.281. The second-order valence-electron chi connectivity index (χ2n) is 3.98. The Balaban J connectivity index is 2.73. The Labute approximate surface area is 113 Å². The third kappa shape index (κ3) is 4.84. The summed E-state index contributed by atoms with van der Waals surface area (Å²) in [5, 5.41) is 12.5. The second kappa shape index (κ2) is 7.70. The van der Waals surface area contributed by atoms with Gasteiger partial charge in [-0.2, -0.15) is 15.0 Å². The molecule has 1 rings (SSSR count). The molecule has 8 nitrogen and oxygen atoms in total. The van der Waals surface area contributed by atoms with E-state index in [1.54, 1.807) is 0 Å². The predicted molar refractivity (Wildman–Crippen MR) is 74.2 cm³/mol. The Morgan fingerprint density at radius 3 is 2.58 bits per heavy atom. The topological polar surface area (TPSA) is 109 Å². The minimum atomic E-state index is -0.625. The second-order valence-corrected chi connectivity index (χ2v) is 3.98. The number of rotatable bonds is 8. The zero-order chi connectivity index (χ0) is 14.3. The number of nitrogen functional groups attached to an aromatic ring is 1. The Morgan fingerprint density at radius 1 is 1.32 bits per heavy atom. The molecule has 4 N–H and O–H groups in total. The van der Waals surface area contributed by atoms with Crippen LogP contribution in [0, 0.1) is 0 Å². The molecule has 8 heteroatoms. The molecule has 1 aromatic rings. The van der Waals surface area contributed by atoms with Crippen molar-refractivity contribution >= 4 is 17.8 Å². The van der Waals surface area contributed by atoms with Crippen molar-refractivity contribution in [3.63, 3.8) is 0 Å². The molecule has 0 radical (unpaired) electrons. The van der Waals surface area contributed by atoms with Gasteiger partial charge in [-0.1, -0.05) is 0 Å². The molecule has 0 bridgehead atoms. The molecule has 0 aliphatic rings.